The van der Waals surface area contributed by atoms with Gasteiger partial charge in [0, 0.05) is 19.2 Å². The van der Waals surface area contributed by atoms with Gasteiger partial charge in [0.25, 0.3) is 5.91 Å². The minimum absolute atomic E-state index is 0.0176. The number of amides is 1. The number of hydrogen-bond acceptors (Lipinski definition) is 2. The van der Waals surface area contributed by atoms with Gasteiger partial charge >= 0.3 is 6.18 Å². The zero-order valence-corrected chi connectivity index (χ0v) is 12.3. The molecule has 0 N–H and O–H groups in total. The molecule has 0 saturated heterocycles. The largest absolute Gasteiger partial charge is 0.416 e. The quantitative estimate of drug-likeness (QED) is 0.863. The minimum Gasteiger partial charge on any atom is -0.337 e. The van der Waals surface area contributed by atoms with Gasteiger partial charge in [-0.2, -0.15) is 18.4 Å². The van der Waals surface area contributed by atoms with Crippen molar-refractivity contribution >= 4 is 5.91 Å². The molecule has 2 aromatic carbocycles. The van der Waals surface area contributed by atoms with Crippen molar-refractivity contribution < 1.29 is 18.0 Å². The predicted molar refractivity (Wildman–Crippen MR) is 78.4 cm³/mol. The number of alkyl halides is 3. The average Bonchev–Trinajstić information content (AvgIpc) is 2.54. The highest BCUT2D eigenvalue weighted by molar-refractivity contribution is 5.94. The first kappa shape index (κ1) is 16.6. The Kier molecular flexibility index (Phi) is 4.70. The van der Waals surface area contributed by atoms with E-state index >= 15 is 0 Å². The minimum atomic E-state index is -4.48. The fourth-order valence-electron chi connectivity index (χ4n) is 2.08. The van der Waals surface area contributed by atoms with Gasteiger partial charge in [0.1, 0.15) is 0 Å². The molecule has 0 saturated carbocycles. The average molecular weight is 318 g/mol. The van der Waals surface area contributed by atoms with Crippen molar-refractivity contribution in [2.75, 3.05) is 7.05 Å². The maximum absolute atomic E-state index is 12.7. The summed E-state index contributed by atoms with van der Waals surface area (Å²) in [5, 5.41) is 8.73. The molecule has 6 heteroatoms. The fourth-order valence-corrected chi connectivity index (χ4v) is 2.08. The molecule has 3 nitrogen and oxygen atoms in total. The van der Waals surface area contributed by atoms with E-state index in [9.17, 15) is 18.0 Å². The second-order valence-electron chi connectivity index (χ2n) is 5.05. The summed E-state index contributed by atoms with van der Waals surface area (Å²) in [6.07, 6.45) is -4.48. The van der Waals surface area contributed by atoms with Crippen LogP contribution in [0.1, 0.15) is 27.0 Å². The highest BCUT2D eigenvalue weighted by Crippen LogP contribution is 2.29. The lowest BCUT2D eigenvalue weighted by Gasteiger charge is -2.18. The third-order valence-corrected chi connectivity index (χ3v) is 3.29. The van der Waals surface area contributed by atoms with Crippen molar-refractivity contribution in [2.45, 2.75) is 12.7 Å². The normalized spacial score (nSPS) is 10.9. The van der Waals surface area contributed by atoms with E-state index in [0.717, 1.165) is 17.7 Å². The molecule has 2 rings (SSSR count). The van der Waals surface area contributed by atoms with Crippen LogP contribution >= 0.6 is 0 Å². The van der Waals surface area contributed by atoms with Crippen LogP contribution in [0.25, 0.3) is 0 Å². The summed E-state index contributed by atoms with van der Waals surface area (Å²) in [6, 6.07) is 13.0. The van der Waals surface area contributed by atoms with E-state index in [0.29, 0.717) is 5.56 Å². The number of rotatable bonds is 3. The second-order valence-corrected chi connectivity index (χ2v) is 5.05. The number of nitriles is 1. The predicted octanol–water partition coefficient (Wildman–Crippen LogP) is 3.85. The van der Waals surface area contributed by atoms with Crippen LogP contribution in [-0.2, 0) is 12.7 Å². The maximum atomic E-state index is 12.7. The number of hydrogen-bond donors (Lipinski definition) is 0. The van der Waals surface area contributed by atoms with Crippen molar-refractivity contribution in [1.29, 1.82) is 5.26 Å². The summed E-state index contributed by atoms with van der Waals surface area (Å²) in [6.45, 7) is 0.237. The summed E-state index contributed by atoms with van der Waals surface area (Å²) >= 11 is 0. The standard InChI is InChI=1S/C17H13F3N2O/c1-22(11-13-7-5-12(10-21)6-8-13)16(23)14-3-2-4-15(9-14)17(18,19)20/h2-9H,11H2,1H3. The molecule has 0 spiro atoms. The number of carbonyl (C=O) groups excluding carboxylic acids is 1. The molecule has 0 aliphatic heterocycles. The molecular weight excluding hydrogens is 305 g/mol. The summed E-state index contributed by atoms with van der Waals surface area (Å²) in [5.74, 6) is -0.500. The van der Waals surface area contributed by atoms with Crippen LogP contribution in [0.4, 0.5) is 13.2 Å². The summed E-state index contributed by atoms with van der Waals surface area (Å²) in [5.41, 5.74) is 0.415. The monoisotopic (exact) mass is 318 g/mol. The Labute approximate surface area is 131 Å². The van der Waals surface area contributed by atoms with Gasteiger partial charge in [0.2, 0.25) is 0 Å². The third-order valence-electron chi connectivity index (χ3n) is 3.29. The molecule has 0 radical (unpaired) electrons. The van der Waals surface area contributed by atoms with E-state index in [2.05, 4.69) is 0 Å². The first-order valence-corrected chi connectivity index (χ1v) is 6.73. The highest BCUT2D eigenvalue weighted by atomic mass is 19.4. The van der Waals surface area contributed by atoms with Gasteiger partial charge in [-0.25, -0.2) is 0 Å². The molecule has 1 amide bonds. The topological polar surface area (TPSA) is 44.1 Å². The van der Waals surface area contributed by atoms with Crippen LogP contribution in [-0.4, -0.2) is 17.9 Å². The molecule has 0 unspecified atom stereocenters. The van der Waals surface area contributed by atoms with Gasteiger partial charge in [-0.05, 0) is 35.9 Å². The number of nitrogens with zero attached hydrogens (tertiary/aromatic N) is 2. The maximum Gasteiger partial charge on any atom is 0.416 e. The molecule has 0 aliphatic rings. The fraction of sp³-hybridized carbons (Fsp3) is 0.176. The van der Waals surface area contributed by atoms with Crippen LogP contribution in [0.5, 0.6) is 0 Å². The molecule has 0 heterocycles. The smallest absolute Gasteiger partial charge is 0.337 e. The first-order chi connectivity index (χ1) is 10.8. The van der Waals surface area contributed by atoms with Crippen LogP contribution in [0.15, 0.2) is 48.5 Å². The van der Waals surface area contributed by atoms with Gasteiger partial charge in [-0.1, -0.05) is 18.2 Å². The van der Waals surface area contributed by atoms with Gasteiger partial charge in [0.05, 0.1) is 17.2 Å². The van der Waals surface area contributed by atoms with Crippen molar-refractivity contribution in [3.63, 3.8) is 0 Å². The van der Waals surface area contributed by atoms with Gasteiger partial charge in [-0.3, -0.25) is 4.79 Å². The van der Waals surface area contributed by atoms with Gasteiger partial charge in [0.15, 0.2) is 0 Å². The van der Waals surface area contributed by atoms with Crippen LogP contribution in [0.2, 0.25) is 0 Å². The number of carbonyl (C=O) groups is 1. The molecule has 0 aliphatic carbocycles. The van der Waals surface area contributed by atoms with E-state index in [1.54, 1.807) is 24.3 Å². The molecular formula is C17H13F3N2O. The van der Waals surface area contributed by atoms with Crippen molar-refractivity contribution in [1.82, 2.24) is 4.90 Å². The van der Waals surface area contributed by atoms with Gasteiger partial charge < -0.3 is 4.90 Å². The Hall–Kier alpha value is -2.81. The Balaban J connectivity index is 2.14. The van der Waals surface area contributed by atoms with Gasteiger partial charge in [-0.15, -0.1) is 0 Å². The lowest BCUT2D eigenvalue weighted by atomic mass is 10.1. The second kappa shape index (κ2) is 6.53. The molecule has 23 heavy (non-hydrogen) atoms. The lowest BCUT2D eigenvalue weighted by Crippen LogP contribution is -2.26. The molecule has 0 atom stereocenters. The van der Waals surface area contributed by atoms with E-state index in [1.165, 1.54) is 24.1 Å². The Morgan fingerprint density at radius 3 is 2.39 bits per heavy atom. The molecule has 118 valence electrons. The molecule has 0 bridgehead atoms. The summed E-state index contributed by atoms with van der Waals surface area (Å²) in [7, 11) is 1.51. The van der Waals surface area contributed by atoms with Crippen molar-refractivity contribution in [2.24, 2.45) is 0 Å². The third kappa shape index (κ3) is 4.10. The Morgan fingerprint density at radius 2 is 1.83 bits per heavy atom. The zero-order valence-electron chi connectivity index (χ0n) is 12.3. The molecule has 0 aromatic heterocycles. The Bertz CT molecular complexity index is 746. The van der Waals surface area contributed by atoms with Crippen molar-refractivity contribution in [3.05, 3.63) is 70.8 Å². The van der Waals surface area contributed by atoms with E-state index in [1.807, 2.05) is 6.07 Å². The van der Waals surface area contributed by atoms with E-state index < -0.39 is 17.6 Å². The Morgan fingerprint density at radius 1 is 1.17 bits per heavy atom. The van der Waals surface area contributed by atoms with E-state index in [-0.39, 0.29) is 12.1 Å². The van der Waals surface area contributed by atoms with Crippen LogP contribution in [0.3, 0.4) is 0 Å². The summed E-state index contributed by atoms with van der Waals surface area (Å²) in [4.78, 5) is 13.6. The number of halogens is 3. The van der Waals surface area contributed by atoms with E-state index in [4.69, 9.17) is 5.26 Å². The SMILES string of the molecule is CN(Cc1ccc(C#N)cc1)C(=O)c1cccc(C(F)(F)F)c1. The van der Waals surface area contributed by atoms with Crippen LogP contribution in [0, 0.1) is 11.3 Å². The summed E-state index contributed by atoms with van der Waals surface area (Å²) < 4.78 is 38.1. The lowest BCUT2D eigenvalue weighted by molar-refractivity contribution is -0.137. The highest BCUT2D eigenvalue weighted by Gasteiger charge is 2.31. The molecule has 0 fully saturated rings. The molecule has 2 aromatic rings. The van der Waals surface area contributed by atoms with Crippen LogP contribution < -0.4 is 0 Å². The zero-order chi connectivity index (χ0) is 17.0. The first-order valence-electron chi connectivity index (χ1n) is 6.73. The van der Waals surface area contributed by atoms with Crippen molar-refractivity contribution in [3.8, 4) is 6.07 Å². The number of benzene rings is 2.